The molecule has 1 N–H and O–H groups in total. The van der Waals surface area contributed by atoms with Crippen molar-refractivity contribution in [2.24, 2.45) is 5.92 Å². The Balaban J connectivity index is 2.00. The number of hydrogen-bond donors (Lipinski definition) is 1. The quantitative estimate of drug-likeness (QED) is 0.595. The van der Waals surface area contributed by atoms with Crippen LogP contribution in [0.15, 0.2) is 18.2 Å². The van der Waals surface area contributed by atoms with E-state index in [0.29, 0.717) is 18.3 Å². The van der Waals surface area contributed by atoms with E-state index in [-0.39, 0.29) is 18.1 Å². The van der Waals surface area contributed by atoms with Crippen molar-refractivity contribution in [2.75, 3.05) is 20.5 Å². The molecule has 0 radical (unpaired) electrons. The summed E-state index contributed by atoms with van der Waals surface area (Å²) >= 11 is 0. The summed E-state index contributed by atoms with van der Waals surface area (Å²) in [4.78, 5) is 11.1. The first-order chi connectivity index (χ1) is 8.72. The van der Waals surface area contributed by atoms with Gasteiger partial charge in [-0.25, -0.2) is 4.79 Å². The molecule has 5 heteroatoms. The van der Waals surface area contributed by atoms with Gasteiger partial charge < -0.3 is 19.3 Å². The fourth-order valence-corrected chi connectivity index (χ4v) is 1.59. The second kappa shape index (κ2) is 5.73. The summed E-state index contributed by atoms with van der Waals surface area (Å²) in [5.41, 5.74) is 0.0735. The number of rotatable bonds is 7. The summed E-state index contributed by atoms with van der Waals surface area (Å²) < 4.78 is 15.8. The zero-order valence-corrected chi connectivity index (χ0v) is 10.2. The van der Waals surface area contributed by atoms with Crippen molar-refractivity contribution in [3.63, 3.8) is 0 Å². The van der Waals surface area contributed by atoms with Gasteiger partial charge in [-0.1, -0.05) is 6.07 Å². The normalized spacial score (nSPS) is 14.3. The Hall–Kier alpha value is -1.75. The molecule has 1 aliphatic carbocycles. The van der Waals surface area contributed by atoms with Gasteiger partial charge in [0.1, 0.15) is 5.56 Å². The van der Waals surface area contributed by atoms with Crippen molar-refractivity contribution in [1.82, 2.24) is 0 Å². The first-order valence-corrected chi connectivity index (χ1v) is 5.83. The molecule has 1 aliphatic rings. The van der Waals surface area contributed by atoms with Crippen LogP contribution in [0, 0.1) is 5.92 Å². The van der Waals surface area contributed by atoms with Gasteiger partial charge in [-0.3, -0.25) is 0 Å². The minimum Gasteiger partial charge on any atom is -0.493 e. The lowest BCUT2D eigenvalue weighted by Crippen LogP contribution is -2.09. The number of methoxy groups -OCH3 is 1. The minimum absolute atomic E-state index is 0.0388. The summed E-state index contributed by atoms with van der Waals surface area (Å²) in [5.74, 6) is 0.199. The number of aromatic carboxylic acids is 1. The second-order valence-electron chi connectivity index (χ2n) is 4.22. The number of benzene rings is 1. The van der Waals surface area contributed by atoms with Crippen molar-refractivity contribution in [2.45, 2.75) is 12.8 Å². The van der Waals surface area contributed by atoms with Crippen LogP contribution in [-0.2, 0) is 4.74 Å². The van der Waals surface area contributed by atoms with E-state index < -0.39 is 5.97 Å². The van der Waals surface area contributed by atoms with Gasteiger partial charge in [0.2, 0.25) is 0 Å². The Kier molecular flexibility index (Phi) is 4.04. The van der Waals surface area contributed by atoms with Crippen LogP contribution in [0.3, 0.4) is 0 Å². The maximum atomic E-state index is 11.1. The first kappa shape index (κ1) is 12.7. The molecule has 2 rings (SSSR count). The SMILES string of the molecule is COc1cccc(C(=O)O)c1OCOCC1CC1. The third kappa shape index (κ3) is 3.13. The molecule has 18 heavy (non-hydrogen) atoms. The van der Waals surface area contributed by atoms with Crippen LogP contribution in [-0.4, -0.2) is 31.6 Å². The third-order valence-electron chi connectivity index (χ3n) is 2.77. The summed E-state index contributed by atoms with van der Waals surface area (Å²) in [5, 5.41) is 9.06. The molecule has 1 fully saturated rings. The number of carboxylic acid groups (broad SMARTS) is 1. The lowest BCUT2D eigenvalue weighted by molar-refractivity contribution is 0.00785. The van der Waals surface area contributed by atoms with E-state index >= 15 is 0 Å². The molecule has 1 saturated carbocycles. The Morgan fingerprint density at radius 3 is 2.83 bits per heavy atom. The number of hydrogen-bond acceptors (Lipinski definition) is 4. The topological polar surface area (TPSA) is 65.0 Å². The largest absolute Gasteiger partial charge is 0.493 e. The molecule has 0 amide bonds. The van der Waals surface area contributed by atoms with Crippen LogP contribution < -0.4 is 9.47 Å². The minimum atomic E-state index is -1.05. The van der Waals surface area contributed by atoms with Crippen molar-refractivity contribution < 1.29 is 24.1 Å². The highest BCUT2D eigenvalue weighted by Gasteiger charge is 2.21. The molecule has 0 saturated heterocycles. The fraction of sp³-hybridized carbons (Fsp3) is 0.462. The van der Waals surface area contributed by atoms with Crippen molar-refractivity contribution in [3.05, 3.63) is 23.8 Å². The lowest BCUT2D eigenvalue weighted by atomic mass is 10.2. The molecular weight excluding hydrogens is 236 g/mol. The average Bonchev–Trinajstić information content (AvgIpc) is 3.18. The maximum Gasteiger partial charge on any atom is 0.339 e. The highest BCUT2D eigenvalue weighted by Crippen LogP contribution is 2.32. The third-order valence-corrected chi connectivity index (χ3v) is 2.77. The molecular formula is C13H16O5. The molecule has 0 atom stereocenters. The Bertz CT molecular complexity index is 425. The van der Waals surface area contributed by atoms with Crippen molar-refractivity contribution in [3.8, 4) is 11.5 Å². The molecule has 0 aliphatic heterocycles. The van der Waals surface area contributed by atoms with Gasteiger partial charge in [0.15, 0.2) is 18.3 Å². The van der Waals surface area contributed by atoms with Gasteiger partial charge in [0.05, 0.1) is 13.7 Å². The van der Waals surface area contributed by atoms with E-state index in [4.69, 9.17) is 19.3 Å². The van der Waals surface area contributed by atoms with Gasteiger partial charge in [0, 0.05) is 0 Å². The number of ether oxygens (including phenoxy) is 3. The van der Waals surface area contributed by atoms with Crippen molar-refractivity contribution in [1.29, 1.82) is 0 Å². The summed E-state index contributed by atoms with van der Waals surface area (Å²) in [6.45, 7) is 0.703. The number of carboxylic acids is 1. The van der Waals surface area contributed by atoms with Crippen LogP contribution in [0.5, 0.6) is 11.5 Å². The summed E-state index contributed by atoms with van der Waals surface area (Å²) in [7, 11) is 1.47. The molecule has 0 spiro atoms. The zero-order chi connectivity index (χ0) is 13.0. The molecule has 1 aromatic carbocycles. The first-order valence-electron chi connectivity index (χ1n) is 5.83. The molecule has 1 aromatic rings. The van der Waals surface area contributed by atoms with E-state index in [1.807, 2.05) is 0 Å². The predicted molar refractivity (Wildman–Crippen MR) is 64.1 cm³/mol. The van der Waals surface area contributed by atoms with Gasteiger partial charge in [-0.15, -0.1) is 0 Å². The van der Waals surface area contributed by atoms with Gasteiger partial charge in [-0.2, -0.15) is 0 Å². The fourth-order valence-electron chi connectivity index (χ4n) is 1.59. The zero-order valence-electron chi connectivity index (χ0n) is 10.2. The smallest absolute Gasteiger partial charge is 0.339 e. The van der Waals surface area contributed by atoms with Gasteiger partial charge in [0.25, 0.3) is 0 Å². The summed E-state index contributed by atoms with van der Waals surface area (Å²) in [6, 6.07) is 4.74. The highest BCUT2D eigenvalue weighted by molar-refractivity contribution is 5.92. The predicted octanol–water partition coefficient (Wildman–Crippen LogP) is 2.16. The Morgan fingerprint density at radius 2 is 2.22 bits per heavy atom. The summed E-state index contributed by atoms with van der Waals surface area (Å²) in [6.07, 6.45) is 2.41. The molecule has 0 aromatic heterocycles. The van der Waals surface area contributed by atoms with E-state index in [0.717, 1.165) is 0 Å². The van der Waals surface area contributed by atoms with E-state index in [1.165, 1.54) is 26.0 Å². The molecule has 98 valence electrons. The standard InChI is InChI=1S/C13H16O5/c1-16-11-4-2-3-10(13(14)15)12(11)18-8-17-7-9-5-6-9/h2-4,9H,5-8H2,1H3,(H,14,15). The Morgan fingerprint density at radius 1 is 1.44 bits per heavy atom. The van der Waals surface area contributed by atoms with E-state index in [1.54, 1.807) is 12.1 Å². The van der Waals surface area contributed by atoms with E-state index in [2.05, 4.69) is 0 Å². The average molecular weight is 252 g/mol. The van der Waals surface area contributed by atoms with Gasteiger partial charge in [-0.05, 0) is 30.9 Å². The lowest BCUT2D eigenvalue weighted by Gasteiger charge is -2.13. The second-order valence-corrected chi connectivity index (χ2v) is 4.22. The van der Waals surface area contributed by atoms with Crippen LogP contribution in [0.2, 0.25) is 0 Å². The van der Waals surface area contributed by atoms with Crippen LogP contribution >= 0.6 is 0 Å². The van der Waals surface area contributed by atoms with Gasteiger partial charge >= 0.3 is 5.97 Å². The van der Waals surface area contributed by atoms with Crippen LogP contribution in [0.1, 0.15) is 23.2 Å². The van der Waals surface area contributed by atoms with Crippen LogP contribution in [0.25, 0.3) is 0 Å². The van der Waals surface area contributed by atoms with Crippen LogP contribution in [0.4, 0.5) is 0 Å². The molecule has 0 bridgehead atoms. The molecule has 0 heterocycles. The van der Waals surface area contributed by atoms with Crippen molar-refractivity contribution >= 4 is 5.97 Å². The maximum absolute atomic E-state index is 11.1. The van der Waals surface area contributed by atoms with E-state index in [9.17, 15) is 4.79 Å². The Labute approximate surface area is 105 Å². The number of para-hydroxylation sites is 1. The monoisotopic (exact) mass is 252 g/mol. The number of carbonyl (C=O) groups is 1. The molecule has 5 nitrogen and oxygen atoms in total. The highest BCUT2D eigenvalue weighted by atomic mass is 16.7. The molecule has 0 unspecified atom stereocenters.